The summed E-state index contributed by atoms with van der Waals surface area (Å²) in [5.74, 6) is 0.0242. The molecule has 1 amide bonds. The van der Waals surface area contributed by atoms with Crippen LogP contribution in [0.5, 0.6) is 11.5 Å². The first kappa shape index (κ1) is 18.1. The molecule has 1 aromatic carbocycles. The fourth-order valence-corrected chi connectivity index (χ4v) is 2.79. The van der Waals surface area contributed by atoms with Crippen LogP contribution < -0.4 is 14.8 Å². The molecule has 2 N–H and O–H groups in total. The molecule has 6 heteroatoms. The molecule has 1 aliphatic rings. The summed E-state index contributed by atoms with van der Waals surface area (Å²) in [6.07, 6.45) is 1.75. The number of benzene rings is 1. The average Bonchev–Trinajstić information content (AvgIpc) is 3.01. The van der Waals surface area contributed by atoms with Crippen LogP contribution in [0.4, 0.5) is 0 Å². The molecule has 24 heavy (non-hydrogen) atoms. The van der Waals surface area contributed by atoms with Crippen molar-refractivity contribution in [2.75, 3.05) is 13.7 Å². The summed E-state index contributed by atoms with van der Waals surface area (Å²) in [6.45, 7) is 4.56. The minimum atomic E-state index is -0.794. The van der Waals surface area contributed by atoms with Crippen molar-refractivity contribution in [3.05, 3.63) is 23.8 Å². The van der Waals surface area contributed by atoms with Gasteiger partial charge in [0.05, 0.1) is 25.2 Å². The molecule has 1 saturated carbocycles. The molecule has 1 aromatic rings. The van der Waals surface area contributed by atoms with E-state index in [1.807, 2.05) is 13.8 Å². The first-order chi connectivity index (χ1) is 11.4. The van der Waals surface area contributed by atoms with E-state index in [-0.39, 0.29) is 17.9 Å². The summed E-state index contributed by atoms with van der Waals surface area (Å²) in [7, 11) is 1.56. The largest absolute Gasteiger partial charge is 0.497 e. The van der Waals surface area contributed by atoms with Crippen LogP contribution in [0.15, 0.2) is 18.2 Å². The molecule has 2 atom stereocenters. The highest BCUT2D eigenvalue weighted by molar-refractivity contribution is 5.97. The number of ether oxygens (including phenoxy) is 2. The number of carbonyl (C=O) groups excluding carboxylic acids is 1. The van der Waals surface area contributed by atoms with E-state index in [1.54, 1.807) is 25.3 Å². The Morgan fingerprint density at radius 3 is 2.67 bits per heavy atom. The molecule has 0 spiro atoms. The molecule has 0 bridgehead atoms. The summed E-state index contributed by atoms with van der Waals surface area (Å²) in [5.41, 5.74) is 0.440. The van der Waals surface area contributed by atoms with Crippen LogP contribution in [0, 0.1) is 11.8 Å². The van der Waals surface area contributed by atoms with Gasteiger partial charge in [-0.3, -0.25) is 9.59 Å². The highest BCUT2D eigenvalue weighted by atomic mass is 16.5. The summed E-state index contributed by atoms with van der Waals surface area (Å²) in [6, 6.07) is 4.98. The van der Waals surface area contributed by atoms with E-state index in [0.717, 1.165) is 0 Å². The molecule has 0 aromatic heterocycles. The number of nitrogens with one attached hydrogen (secondary N) is 1. The van der Waals surface area contributed by atoms with E-state index >= 15 is 0 Å². The number of hydrogen-bond acceptors (Lipinski definition) is 4. The first-order valence-corrected chi connectivity index (χ1v) is 8.25. The Kier molecular flexibility index (Phi) is 6.06. The van der Waals surface area contributed by atoms with Crippen LogP contribution in [-0.4, -0.2) is 36.7 Å². The lowest BCUT2D eigenvalue weighted by molar-refractivity contribution is -0.141. The highest BCUT2D eigenvalue weighted by Crippen LogP contribution is 2.28. The second-order valence-corrected chi connectivity index (χ2v) is 6.59. The Labute approximate surface area is 142 Å². The normalized spacial score (nSPS) is 20.0. The van der Waals surface area contributed by atoms with Crippen LogP contribution in [0.3, 0.4) is 0 Å². The lowest BCUT2D eigenvalue weighted by atomic mass is 10.1. The Balaban J connectivity index is 2.09. The fraction of sp³-hybridized carbons (Fsp3) is 0.556. The number of amides is 1. The van der Waals surface area contributed by atoms with Gasteiger partial charge in [-0.05, 0) is 37.3 Å². The SMILES string of the molecule is COc1ccc(C(=O)N[C@@H]2CC[C@H](C(=O)O)C2)c(OCC(C)C)c1. The van der Waals surface area contributed by atoms with Gasteiger partial charge < -0.3 is 19.9 Å². The standard InChI is InChI=1S/C18H25NO5/c1-11(2)10-24-16-9-14(23-3)6-7-15(16)17(20)19-13-5-4-12(8-13)18(21)22/h6-7,9,11-13H,4-5,8,10H2,1-3H3,(H,19,20)(H,21,22)/t12-,13+/m0/s1. The number of hydrogen-bond donors (Lipinski definition) is 2. The monoisotopic (exact) mass is 335 g/mol. The van der Waals surface area contributed by atoms with E-state index in [9.17, 15) is 9.59 Å². The van der Waals surface area contributed by atoms with E-state index < -0.39 is 5.97 Å². The predicted molar refractivity (Wildman–Crippen MR) is 89.6 cm³/mol. The van der Waals surface area contributed by atoms with Gasteiger partial charge in [0.15, 0.2) is 0 Å². The summed E-state index contributed by atoms with van der Waals surface area (Å²) >= 11 is 0. The summed E-state index contributed by atoms with van der Waals surface area (Å²) in [4.78, 5) is 23.6. The second kappa shape index (κ2) is 8.04. The summed E-state index contributed by atoms with van der Waals surface area (Å²) in [5, 5.41) is 12.0. The van der Waals surface area contributed by atoms with Crippen molar-refractivity contribution >= 4 is 11.9 Å². The van der Waals surface area contributed by atoms with E-state index in [4.69, 9.17) is 14.6 Å². The van der Waals surface area contributed by atoms with Crippen LogP contribution in [0.2, 0.25) is 0 Å². The maximum Gasteiger partial charge on any atom is 0.306 e. The lowest BCUT2D eigenvalue weighted by Gasteiger charge is -2.17. The van der Waals surface area contributed by atoms with Crippen molar-refractivity contribution in [1.29, 1.82) is 0 Å². The Bertz CT molecular complexity index is 599. The van der Waals surface area contributed by atoms with Gasteiger partial charge in [0.2, 0.25) is 0 Å². The maximum absolute atomic E-state index is 12.6. The zero-order valence-corrected chi connectivity index (χ0v) is 14.4. The lowest BCUT2D eigenvalue weighted by Crippen LogP contribution is -2.33. The van der Waals surface area contributed by atoms with Gasteiger partial charge in [0.1, 0.15) is 11.5 Å². The van der Waals surface area contributed by atoms with E-state index in [0.29, 0.717) is 48.8 Å². The van der Waals surface area contributed by atoms with Crippen molar-refractivity contribution in [3.63, 3.8) is 0 Å². The van der Waals surface area contributed by atoms with Gasteiger partial charge in [0, 0.05) is 12.1 Å². The minimum Gasteiger partial charge on any atom is -0.497 e. The minimum absolute atomic E-state index is 0.112. The molecule has 132 valence electrons. The van der Waals surface area contributed by atoms with Gasteiger partial charge in [-0.2, -0.15) is 0 Å². The third-order valence-corrected chi connectivity index (χ3v) is 4.12. The van der Waals surface area contributed by atoms with Crippen molar-refractivity contribution in [2.24, 2.45) is 11.8 Å². The molecule has 0 aliphatic heterocycles. The average molecular weight is 335 g/mol. The van der Waals surface area contributed by atoms with E-state index in [2.05, 4.69) is 5.32 Å². The van der Waals surface area contributed by atoms with Crippen molar-refractivity contribution in [3.8, 4) is 11.5 Å². The Hall–Kier alpha value is -2.24. The third kappa shape index (κ3) is 4.63. The number of methoxy groups -OCH3 is 1. The van der Waals surface area contributed by atoms with Crippen LogP contribution in [0.1, 0.15) is 43.5 Å². The molecular formula is C18H25NO5. The number of rotatable bonds is 7. The fourth-order valence-electron chi connectivity index (χ4n) is 2.79. The Morgan fingerprint density at radius 2 is 2.08 bits per heavy atom. The van der Waals surface area contributed by atoms with Crippen LogP contribution in [-0.2, 0) is 4.79 Å². The first-order valence-electron chi connectivity index (χ1n) is 8.25. The van der Waals surface area contributed by atoms with Crippen LogP contribution in [0.25, 0.3) is 0 Å². The Morgan fingerprint density at radius 1 is 1.33 bits per heavy atom. The molecule has 0 radical (unpaired) electrons. The molecule has 6 nitrogen and oxygen atoms in total. The quantitative estimate of drug-likeness (QED) is 0.800. The highest BCUT2D eigenvalue weighted by Gasteiger charge is 2.31. The van der Waals surface area contributed by atoms with Gasteiger partial charge >= 0.3 is 5.97 Å². The molecule has 0 unspecified atom stereocenters. The zero-order chi connectivity index (χ0) is 17.7. The van der Waals surface area contributed by atoms with Gasteiger partial charge in [-0.25, -0.2) is 0 Å². The number of carboxylic acids is 1. The predicted octanol–water partition coefficient (Wildman–Crippen LogP) is 2.71. The van der Waals surface area contributed by atoms with Gasteiger partial charge in [0.25, 0.3) is 5.91 Å². The third-order valence-electron chi connectivity index (χ3n) is 4.12. The van der Waals surface area contributed by atoms with Gasteiger partial charge in [-0.1, -0.05) is 13.8 Å². The van der Waals surface area contributed by atoms with Gasteiger partial charge in [-0.15, -0.1) is 0 Å². The molecule has 1 fully saturated rings. The number of carbonyl (C=O) groups is 2. The topological polar surface area (TPSA) is 84.9 Å². The molecule has 0 heterocycles. The number of carboxylic acid groups (broad SMARTS) is 1. The van der Waals surface area contributed by atoms with Crippen molar-refractivity contribution < 1.29 is 24.2 Å². The van der Waals surface area contributed by atoms with E-state index in [1.165, 1.54) is 0 Å². The van der Waals surface area contributed by atoms with Crippen LogP contribution >= 0.6 is 0 Å². The van der Waals surface area contributed by atoms with Crippen molar-refractivity contribution in [2.45, 2.75) is 39.2 Å². The molecule has 0 saturated heterocycles. The molecular weight excluding hydrogens is 310 g/mol. The van der Waals surface area contributed by atoms with Crippen molar-refractivity contribution in [1.82, 2.24) is 5.32 Å². The smallest absolute Gasteiger partial charge is 0.306 e. The molecule has 1 aliphatic carbocycles. The zero-order valence-electron chi connectivity index (χ0n) is 14.4. The summed E-state index contributed by atoms with van der Waals surface area (Å²) < 4.78 is 10.9. The number of aliphatic carboxylic acids is 1. The maximum atomic E-state index is 12.6. The molecule has 2 rings (SSSR count). The second-order valence-electron chi connectivity index (χ2n) is 6.59.